The number of hydrogen-bond acceptors (Lipinski definition) is 5. The number of rotatable bonds is 5. The Hall–Kier alpha value is -2.19. The van der Waals surface area contributed by atoms with Crippen molar-refractivity contribution in [2.24, 2.45) is 0 Å². The minimum Gasteiger partial charge on any atom is -0.492 e. The smallest absolute Gasteiger partial charge is 0.150 e. The number of thiazole rings is 1. The van der Waals surface area contributed by atoms with Gasteiger partial charge < -0.3 is 4.74 Å². The van der Waals surface area contributed by atoms with Gasteiger partial charge in [-0.15, -0.1) is 11.3 Å². The molecule has 0 unspecified atom stereocenters. The van der Waals surface area contributed by atoms with Gasteiger partial charge in [-0.3, -0.25) is 4.79 Å². The summed E-state index contributed by atoms with van der Waals surface area (Å²) in [6.07, 6.45) is 1.47. The van der Waals surface area contributed by atoms with Crippen molar-refractivity contribution in [1.29, 1.82) is 5.26 Å². The molecule has 0 spiro atoms. The largest absolute Gasteiger partial charge is 0.492 e. The minimum atomic E-state index is 0.380. The quantitative estimate of drug-likeness (QED) is 0.785. The first-order chi connectivity index (χ1) is 9.24. The van der Waals surface area contributed by atoms with E-state index in [1.165, 1.54) is 10.9 Å². The fraction of sp³-hybridized carbons (Fsp3) is 0.214. The van der Waals surface area contributed by atoms with Gasteiger partial charge in [0.15, 0.2) is 0 Å². The highest BCUT2D eigenvalue weighted by atomic mass is 32.1. The van der Waals surface area contributed by atoms with E-state index < -0.39 is 0 Å². The molecule has 4 nitrogen and oxygen atoms in total. The van der Waals surface area contributed by atoms with Crippen molar-refractivity contribution in [3.63, 3.8) is 0 Å². The molecule has 2 aromatic rings. The Balaban J connectivity index is 2.02. The van der Waals surface area contributed by atoms with E-state index in [4.69, 9.17) is 10.00 Å². The van der Waals surface area contributed by atoms with E-state index in [-0.39, 0.29) is 0 Å². The van der Waals surface area contributed by atoms with E-state index >= 15 is 0 Å². The van der Waals surface area contributed by atoms with Crippen molar-refractivity contribution in [2.75, 3.05) is 6.61 Å². The van der Waals surface area contributed by atoms with Gasteiger partial charge in [-0.05, 0) is 25.1 Å². The molecular weight excluding hydrogens is 260 g/mol. The molecule has 1 aromatic carbocycles. The number of carbonyl (C=O) groups excluding carboxylic acids is 1. The van der Waals surface area contributed by atoms with Crippen LogP contribution in [0.4, 0.5) is 0 Å². The molecule has 0 aliphatic heterocycles. The van der Waals surface area contributed by atoms with E-state index in [2.05, 4.69) is 4.98 Å². The van der Waals surface area contributed by atoms with Gasteiger partial charge >= 0.3 is 0 Å². The van der Waals surface area contributed by atoms with Crippen molar-refractivity contribution < 1.29 is 9.53 Å². The molecule has 0 bridgehead atoms. The first-order valence-electron chi connectivity index (χ1n) is 5.75. The molecule has 0 atom stereocenters. The lowest BCUT2D eigenvalue weighted by Crippen LogP contribution is -2.03. The van der Waals surface area contributed by atoms with Crippen molar-refractivity contribution in [2.45, 2.75) is 13.3 Å². The van der Waals surface area contributed by atoms with Crippen LogP contribution in [0.3, 0.4) is 0 Å². The molecule has 0 N–H and O–H groups in total. The zero-order valence-electron chi connectivity index (χ0n) is 10.4. The van der Waals surface area contributed by atoms with Gasteiger partial charge in [-0.25, -0.2) is 4.98 Å². The molecule has 0 amide bonds. The molecular formula is C14H12N2O2S. The average molecular weight is 272 g/mol. The third-order valence-corrected chi connectivity index (χ3v) is 3.69. The maximum Gasteiger partial charge on any atom is 0.150 e. The predicted molar refractivity (Wildman–Crippen MR) is 72.6 cm³/mol. The Bertz CT molecular complexity index is 629. The Labute approximate surface area is 115 Å². The van der Waals surface area contributed by atoms with Crippen molar-refractivity contribution in [3.8, 4) is 11.8 Å². The lowest BCUT2D eigenvalue weighted by Gasteiger charge is -2.07. The number of aromatic nitrogens is 1. The van der Waals surface area contributed by atoms with Crippen LogP contribution in [0.1, 0.15) is 26.5 Å². The molecule has 1 heterocycles. The Kier molecular flexibility index (Phi) is 4.26. The molecule has 5 heteroatoms. The Morgan fingerprint density at radius 3 is 3.00 bits per heavy atom. The summed E-state index contributed by atoms with van der Waals surface area (Å²) >= 11 is 1.60. The number of benzene rings is 1. The molecule has 0 saturated carbocycles. The van der Waals surface area contributed by atoms with Gasteiger partial charge in [0.2, 0.25) is 0 Å². The van der Waals surface area contributed by atoms with E-state index in [9.17, 15) is 4.79 Å². The number of ether oxygens (including phenoxy) is 1. The van der Waals surface area contributed by atoms with Gasteiger partial charge in [0.1, 0.15) is 18.1 Å². The van der Waals surface area contributed by atoms with Crippen LogP contribution >= 0.6 is 11.3 Å². The summed E-state index contributed by atoms with van der Waals surface area (Å²) in [5, 5.41) is 9.01. The van der Waals surface area contributed by atoms with E-state index in [1.54, 1.807) is 23.5 Å². The first-order valence-corrected chi connectivity index (χ1v) is 6.63. The Morgan fingerprint density at radius 2 is 2.37 bits per heavy atom. The second-order valence-corrected chi connectivity index (χ2v) is 4.88. The molecule has 1 aromatic heterocycles. The second kappa shape index (κ2) is 6.12. The number of nitrogens with zero attached hydrogens (tertiary/aromatic N) is 2. The van der Waals surface area contributed by atoms with Gasteiger partial charge in [-0.1, -0.05) is 0 Å². The van der Waals surface area contributed by atoms with Gasteiger partial charge in [-0.2, -0.15) is 5.26 Å². The molecule has 96 valence electrons. The fourth-order valence-electron chi connectivity index (χ4n) is 1.65. The number of aldehydes is 1. The molecule has 0 saturated heterocycles. The number of hydrogen-bond donors (Lipinski definition) is 0. The van der Waals surface area contributed by atoms with Crippen LogP contribution in [-0.4, -0.2) is 17.9 Å². The standard InChI is InChI=1S/C14H12N2O2S/c1-10-14(19-9-16-10)4-5-18-13-3-2-11(8-17)6-12(13)7-15/h2-3,6,8-9H,4-5H2,1H3. The van der Waals surface area contributed by atoms with Gasteiger partial charge in [0.05, 0.1) is 23.4 Å². The normalized spacial score (nSPS) is 9.89. The number of nitriles is 1. The summed E-state index contributed by atoms with van der Waals surface area (Å²) in [6, 6.07) is 6.85. The second-order valence-electron chi connectivity index (χ2n) is 3.94. The maximum atomic E-state index is 10.6. The Morgan fingerprint density at radius 1 is 1.53 bits per heavy atom. The van der Waals surface area contributed by atoms with Gasteiger partial charge in [0.25, 0.3) is 0 Å². The highest BCUT2D eigenvalue weighted by Crippen LogP contribution is 2.20. The highest BCUT2D eigenvalue weighted by Gasteiger charge is 2.06. The summed E-state index contributed by atoms with van der Waals surface area (Å²) in [6.45, 7) is 2.45. The predicted octanol–water partition coefficient (Wildman–Crippen LogP) is 2.76. The van der Waals surface area contributed by atoms with E-state index in [0.717, 1.165) is 12.1 Å². The van der Waals surface area contributed by atoms with Crippen LogP contribution in [0.2, 0.25) is 0 Å². The zero-order chi connectivity index (χ0) is 13.7. The maximum absolute atomic E-state index is 10.6. The molecule has 0 aliphatic rings. The topological polar surface area (TPSA) is 63.0 Å². The zero-order valence-corrected chi connectivity index (χ0v) is 11.2. The average Bonchev–Trinajstić information content (AvgIpc) is 2.84. The third kappa shape index (κ3) is 3.18. The van der Waals surface area contributed by atoms with Crippen LogP contribution in [-0.2, 0) is 6.42 Å². The molecule has 0 fully saturated rings. The SMILES string of the molecule is Cc1ncsc1CCOc1ccc(C=O)cc1C#N. The molecule has 2 rings (SSSR count). The summed E-state index contributed by atoms with van der Waals surface area (Å²) < 4.78 is 5.60. The van der Waals surface area contributed by atoms with Crippen LogP contribution in [0.15, 0.2) is 23.7 Å². The molecule has 19 heavy (non-hydrogen) atoms. The van der Waals surface area contributed by atoms with Crippen LogP contribution in [0.25, 0.3) is 0 Å². The number of carbonyl (C=O) groups is 1. The van der Waals surface area contributed by atoms with Gasteiger partial charge in [0, 0.05) is 16.9 Å². The lowest BCUT2D eigenvalue weighted by molar-refractivity contribution is 0.112. The lowest BCUT2D eigenvalue weighted by atomic mass is 10.1. The fourth-order valence-corrected chi connectivity index (χ4v) is 2.42. The van der Waals surface area contributed by atoms with Crippen molar-refractivity contribution >= 4 is 17.6 Å². The summed E-state index contributed by atoms with van der Waals surface area (Å²) in [4.78, 5) is 16.0. The summed E-state index contributed by atoms with van der Waals surface area (Å²) in [5.74, 6) is 0.510. The minimum absolute atomic E-state index is 0.380. The monoisotopic (exact) mass is 272 g/mol. The highest BCUT2D eigenvalue weighted by molar-refractivity contribution is 7.09. The summed E-state index contributed by atoms with van der Waals surface area (Å²) in [7, 11) is 0. The summed E-state index contributed by atoms with van der Waals surface area (Å²) in [5.41, 5.74) is 3.68. The van der Waals surface area contributed by atoms with Crippen molar-refractivity contribution in [1.82, 2.24) is 4.98 Å². The first kappa shape index (κ1) is 13.2. The van der Waals surface area contributed by atoms with E-state index in [0.29, 0.717) is 29.8 Å². The number of aryl methyl sites for hydroxylation is 1. The molecule has 0 radical (unpaired) electrons. The third-order valence-electron chi connectivity index (χ3n) is 2.69. The van der Waals surface area contributed by atoms with Crippen molar-refractivity contribution in [3.05, 3.63) is 45.4 Å². The van der Waals surface area contributed by atoms with Crippen LogP contribution in [0, 0.1) is 18.3 Å². The molecule has 0 aliphatic carbocycles. The van der Waals surface area contributed by atoms with Crippen LogP contribution < -0.4 is 4.74 Å². The van der Waals surface area contributed by atoms with Crippen LogP contribution in [0.5, 0.6) is 5.75 Å². The van der Waals surface area contributed by atoms with E-state index in [1.807, 2.05) is 18.5 Å².